The van der Waals surface area contributed by atoms with Gasteiger partial charge in [0.15, 0.2) is 0 Å². The van der Waals surface area contributed by atoms with Gasteiger partial charge in [0.05, 0.1) is 36.0 Å². The first-order valence-corrected chi connectivity index (χ1v) is 13.5. The van der Waals surface area contributed by atoms with Gasteiger partial charge in [-0.2, -0.15) is 10.5 Å². The molecule has 0 fully saturated rings. The van der Waals surface area contributed by atoms with Crippen molar-refractivity contribution in [1.29, 1.82) is 10.5 Å². The molecule has 0 amide bonds. The molecule has 0 saturated carbocycles. The Labute approximate surface area is 228 Å². The smallest absolute Gasteiger partial charge is 0.306 e. The van der Waals surface area contributed by atoms with Crippen molar-refractivity contribution in [1.82, 2.24) is 9.97 Å². The zero-order chi connectivity index (χ0) is 26.4. The lowest BCUT2D eigenvalue weighted by Gasteiger charge is -2.18. The van der Waals surface area contributed by atoms with Crippen LogP contribution in [0.4, 0.5) is 0 Å². The van der Waals surface area contributed by atoms with Crippen LogP contribution in [-0.2, 0) is 15.3 Å². The topological polar surface area (TPSA) is 99.7 Å². The Morgan fingerprint density at radius 2 is 1.76 bits per heavy atom. The third kappa shape index (κ3) is 6.00. The van der Waals surface area contributed by atoms with Gasteiger partial charge in [-0.05, 0) is 17.7 Å². The third-order valence-corrected chi connectivity index (χ3v) is 7.85. The molecular weight excluding hydrogens is 524 g/mol. The second kappa shape index (κ2) is 12.0. The van der Waals surface area contributed by atoms with Gasteiger partial charge in [-0.15, -0.1) is 11.3 Å². The number of halogens is 1. The fraction of sp³-hybridized carbons (Fsp3) is 0.179. The van der Waals surface area contributed by atoms with E-state index in [2.05, 4.69) is 12.1 Å². The van der Waals surface area contributed by atoms with Crippen molar-refractivity contribution >= 4 is 40.7 Å². The number of carbonyl (C=O) groups is 1. The molecule has 2 aromatic carbocycles. The summed E-state index contributed by atoms with van der Waals surface area (Å²) in [7, 11) is 1.33. The molecule has 184 valence electrons. The number of methoxy groups -OCH3 is 1. The predicted octanol–water partition coefficient (Wildman–Crippen LogP) is 7.23. The number of ether oxygens (including phenoxy) is 1. The summed E-state index contributed by atoms with van der Waals surface area (Å²) in [6, 6.07) is 21.3. The number of aromatic nitrogens is 2. The molecular formula is C28H21ClN4O2S2. The molecule has 1 atom stereocenters. The molecule has 0 bridgehead atoms. The van der Waals surface area contributed by atoms with Crippen LogP contribution in [0.25, 0.3) is 21.7 Å². The zero-order valence-electron chi connectivity index (χ0n) is 20.1. The Morgan fingerprint density at radius 1 is 1.05 bits per heavy atom. The highest BCUT2D eigenvalue weighted by Gasteiger charge is 2.26. The van der Waals surface area contributed by atoms with Crippen molar-refractivity contribution in [2.75, 3.05) is 7.11 Å². The number of thiazole rings is 1. The van der Waals surface area contributed by atoms with Crippen LogP contribution < -0.4 is 0 Å². The van der Waals surface area contributed by atoms with Crippen molar-refractivity contribution in [3.8, 4) is 33.8 Å². The van der Waals surface area contributed by atoms with Gasteiger partial charge in [-0.3, -0.25) is 4.79 Å². The van der Waals surface area contributed by atoms with Gasteiger partial charge >= 0.3 is 5.97 Å². The first kappa shape index (κ1) is 26.4. The lowest BCUT2D eigenvalue weighted by atomic mass is 9.90. The molecule has 4 rings (SSSR count). The maximum atomic E-state index is 12.0. The lowest BCUT2D eigenvalue weighted by Crippen LogP contribution is -2.11. The number of nitrogens with zero attached hydrogens (tertiary/aromatic N) is 4. The normalized spacial score (nSPS) is 11.4. The summed E-state index contributed by atoms with van der Waals surface area (Å²) in [6.07, 6.45) is 0.0684. The van der Waals surface area contributed by atoms with Crippen molar-refractivity contribution < 1.29 is 9.53 Å². The van der Waals surface area contributed by atoms with E-state index in [4.69, 9.17) is 26.3 Å². The average Bonchev–Trinajstić information content (AvgIpc) is 3.40. The number of nitriles is 2. The Balaban J connectivity index is 1.74. The monoisotopic (exact) mass is 544 g/mol. The third-order valence-electron chi connectivity index (χ3n) is 5.65. The minimum atomic E-state index is -0.393. The highest BCUT2D eigenvalue weighted by atomic mass is 35.5. The second-order valence-electron chi connectivity index (χ2n) is 8.14. The van der Waals surface area contributed by atoms with E-state index < -0.39 is 5.97 Å². The van der Waals surface area contributed by atoms with Gasteiger partial charge in [0, 0.05) is 33.2 Å². The molecule has 37 heavy (non-hydrogen) atoms. The van der Waals surface area contributed by atoms with Crippen LogP contribution in [0.15, 0.2) is 65.0 Å². The van der Waals surface area contributed by atoms with Crippen molar-refractivity contribution in [3.05, 3.63) is 87.5 Å². The molecule has 9 heteroatoms. The maximum absolute atomic E-state index is 12.0. The molecule has 0 spiro atoms. The number of thioether (sulfide) groups is 1. The number of benzene rings is 2. The zero-order valence-corrected chi connectivity index (χ0v) is 22.5. The van der Waals surface area contributed by atoms with Crippen LogP contribution in [-0.4, -0.2) is 23.0 Å². The molecule has 0 aliphatic carbocycles. The molecule has 0 N–H and O–H groups in total. The van der Waals surface area contributed by atoms with Gasteiger partial charge in [-0.1, -0.05) is 72.8 Å². The molecule has 0 radical (unpaired) electrons. The van der Waals surface area contributed by atoms with E-state index in [9.17, 15) is 15.3 Å². The van der Waals surface area contributed by atoms with Crippen LogP contribution in [0.5, 0.6) is 0 Å². The molecule has 6 nitrogen and oxygen atoms in total. The number of hydrogen-bond acceptors (Lipinski definition) is 8. The van der Waals surface area contributed by atoms with Crippen LogP contribution >= 0.6 is 34.7 Å². The Kier molecular flexibility index (Phi) is 8.58. The molecule has 0 saturated heterocycles. The van der Waals surface area contributed by atoms with E-state index in [1.165, 1.54) is 30.2 Å². The largest absolute Gasteiger partial charge is 0.469 e. The number of hydrogen-bond donors (Lipinski definition) is 0. The summed E-state index contributed by atoms with van der Waals surface area (Å²) in [5.41, 5.74) is 4.18. The van der Waals surface area contributed by atoms with E-state index in [1.54, 1.807) is 0 Å². The van der Waals surface area contributed by atoms with E-state index in [0.29, 0.717) is 38.2 Å². The quantitative estimate of drug-likeness (QED) is 0.170. The van der Waals surface area contributed by atoms with Crippen LogP contribution in [0.1, 0.15) is 41.8 Å². The standard InChI is InChI=1S/C28H21ClN4O2S2/c1-17(12-24(34)35-2)26-22(13-30)25(18-6-4-3-5-7-18)23(14-31)28(33-26)37-16-21-15-36-27(32-21)19-8-10-20(29)11-9-19/h3-11,15,17H,12,16H2,1-2H3. The molecule has 2 aromatic heterocycles. The SMILES string of the molecule is COC(=O)CC(C)c1nc(SCc2csc(-c3ccc(Cl)cc3)n2)c(C#N)c(-c2ccccc2)c1C#N. The fourth-order valence-electron chi connectivity index (χ4n) is 3.82. The van der Waals surface area contributed by atoms with Gasteiger partial charge in [0.25, 0.3) is 0 Å². The van der Waals surface area contributed by atoms with E-state index in [-0.39, 0.29) is 12.3 Å². The summed E-state index contributed by atoms with van der Waals surface area (Å²) in [4.78, 5) is 21.5. The highest BCUT2D eigenvalue weighted by molar-refractivity contribution is 7.98. The first-order valence-electron chi connectivity index (χ1n) is 11.3. The number of carbonyl (C=O) groups excluding carboxylic acids is 1. The van der Waals surface area contributed by atoms with E-state index in [0.717, 1.165) is 21.8 Å². The van der Waals surface area contributed by atoms with Crippen LogP contribution in [0, 0.1) is 22.7 Å². The first-order chi connectivity index (χ1) is 17.9. The molecule has 2 heterocycles. The number of esters is 1. The van der Waals surface area contributed by atoms with E-state index in [1.807, 2.05) is 66.9 Å². The summed E-state index contributed by atoms with van der Waals surface area (Å²) in [5.74, 6) is -0.292. The van der Waals surface area contributed by atoms with Gasteiger partial charge in [-0.25, -0.2) is 9.97 Å². The molecule has 0 aliphatic rings. The molecule has 4 aromatic rings. The Morgan fingerprint density at radius 3 is 2.41 bits per heavy atom. The maximum Gasteiger partial charge on any atom is 0.306 e. The van der Waals surface area contributed by atoms with Gasteiger partial charge in [0.1, 0.15) is 22.2 Å². The van der Waals surface area contributed by atoms with Crippen molar-refractivity contribution in [2.45, 2.75) is 30.0 Å². The second-order valence-corrected chi connectivity index (χ2v) is 10.4. The minimum absolute atomic E-state index is 0.0684. The van der Waals surface area contributed by atoms with E-state index >= 15 is 0 Å². The van der Waals surface area contributed by atoms with Gasteiger partial charge in [0.2, 0.25) is 0 Å². The summed E-state index contributed by atoms with van der Waals surface area (Å²) in [6.45, 7) is 1.83. The minimum Gasteiger partial charge on any atom is -0.469 e. The highest BCUT2D eigenvalue weighted by Crippen LogP contribution is 2.38. The molecule has 0 aliphatic heterocycles. The summed E-state index contributed by atoms with van der Waals surface area (Å²) in [5, 5.41) is 24.3. The number of pyridine rings is 1. The van der Waals surface area contributed by atoms with Crippen LogP contribution in [0.3, 0.4) is 0 Å². The van der Waals surface area contributed by atoms with Crippen LogP contribution in [0.2, 0.25) is 5.02 Å². The Hall–Kier alpha value is -3.69. The summed E-state index contributed by atoms with van der Waals surface area (Å²) >= 11 is 8.91. The van der Waals surface area contributed by atoms with Gasteiger partial charge < -0.3 is 4.74 Å². The molecule has 1 unspecified atom stereocenters. The predicted molar refractivity (Wildman–Crippen MR) is 146 cm³/mol. The Bertz CT molecular complexity index is 1510. The van der Waals surface area contributed by atoms with Crippen molar-refractivity contribution in [2.24, 2.45) is 0 Å². The fourth-order valence-corrected chi connectivity index (χ4v) is 5.77. The lowest BCUT2D eigenvalue weighted by molar-refractivity contribution is -0.141. The summed E-state index contributed by atoms with van der Waals surface area (Å²) < 4.78 is 4.83. The number of rotatable bonds is 8. The van der Waals surface area contributed by atoms with Crippen molar-refractivity contribution in [3.63, 3.8) is 0 Å². The average molecular weight is 545 g/mol.